The van der Waals surface area contributed by atoms with Gasteiger partial charge in [0.05, 0.1) is 11.5 Å². The van der Waals surface area contributed by atoms with E-state index in [-0.39, 0.29) is 23.1 Å². The van der Waals surface area contributed by atoms with Gasteiger partial charge in [-0.15, -0.1) is 0 Å². The van der Waals surface area contributed by atoms with E-state index in [2.05, 4.69) is 0 Å². The molecule has 19 heavy (non-hydrogen) atoms. The number of carboxylic acid groups (broad SMARTS) is 1. The number of aliphatic carboxylic acids is 1. The summed E-state index contributed by atoms with van der Waals surface area (Å²) in [7, 11) is 0. The molecule has 5 nitrogen and oxygen atoms in total. The van der Waals surface area contributed by atoms with Gasteiger partial charge in [0.25, 0.3) is 5.91 Å². The fourth-order valence-electron chi connectivity index (χ4n) is 2.05. The van der Waals surface area contributed by atoms with Crippen molar-refractivity contribution in [2.45, 2.75) is 6.92 Å². The van der Waals surface area contributed by atoms with Gasteiger partial charge in [-0.25, -0.2) is 0 Å². The van der Waals surface area contributed by atoms with Gasteiger partial charge in [0.1, 0.15) is 5.75 Å². The van der Waals surface area contributed by atoms with Crippen molar-refractivity contribution < 1.29 is 19.8 Å². The number of likely N-dealkylation sites (tertiary alicyclic amines) is 1. The summed E-state index contributed by atoms with van der Waals surface area (Å²) in [5.74, 6) is -1.82. The maximum atomic E-state index is 12.1. The second kappa shape index (κ2) is 5.09. The number of benzene rings is 1. The third-order valence-electron chi connectivity index (χ3n) is 3.48. The van der Waals surface area contributed by atoms with E-state index in [0.29, 0.717) is 18.1 Å². The van der Waals surface area contributed by atoms with Crippen LogP contribution in [0.15, 0.2) is 18.2 Å². The van der Waals surface area contributed by atoms with Crippen molar-refractivity contribution in [1.82, 2.24) is 4.90 Å². The molecule has 0 spiro atoms. The van der Waals surface area contributed by atoms with Crippen molar-refractivity contribution in [3.05, 3.63) is 28.8 Å². The van der Waals surface area contributed by atoms with Crippen molar-refractivity contribution in [3.8, 4) is 5.75 Å². The number of carbonyl (C=O) groups is 2. The highest BCUT2D eigenvalue weighted by Crippen LogP contribution is 2.29. The molecule has 1 fully saturated rings. The molecule has 0 bridgehead atoms. The van der Waals surface area contributed by atoms with Gasteiger partial charge in [0.2, 0.25) is 0 Å². The highest BCUT2D eigenvalue weighted by molar-refractivity contribution is 6.31. The molecule has 1 unspecified atom stereocenters. The Morgan fingerprint density at radius 1 is 1.42 bits per heavy atom. The highest BCUT2D eigenvalue weighted by Gasteiger charge is 2.38. The molecule has 0 saturated carbocycles. The third kappa shape index (κ3) is 2.66. The van der Waals surface area contributed by atoms with E-state index in [9.17, 15) is 14.7 Å². The Balaban J connectivity index is 2.04. The van der Waals surface area contributed by atoms with Crippen LogP contribution in [0.2, 0.25) is 5.02 Å². The van der Waals surface area contributed by atoms with E-state index in [1.165, 1.54) is 23.1 Å². The van der Waals surface area contributed by atoms with Crippen LogP contribution >= 0.6 is 11.6 Å². The SMILES string of the molecule is CC(C(=O)O)C1CN(C(=O)c2cc(Cl)ccc2O)C1. The Bertz CT molecular complexity index is 525. The second-order valence-electron chi connectivity index (χ2n) is 4.76. The summed E-state index contributed by atoms with van der Waals surface area (Å²) >= 11 is 5.79. The molecular formula is C13H14ClNO4. The van der Waals surface area contributed by atoms with Crippen molar-refractivity contribution >= 4 is 23.5 Å². The average Bonchev–Trinajstić information content (AvgIpc) is 2.29. The van der Waals surface area contributed by atoms with Crippen LogP contribution in [0, 0.1) is 11.8 Å². The number of rotatable bonds is 3. The van der Waals surface area contributed by atoms with Gasteiger partial charge in [0, 0.05) is 24.0 Å². The molecule has 1 aliphatic heterocycles. The van der Waals surface area contributed by atoms with Crippen LogP contribution in [-0.4, -0.2) is 40.1 Å². The molecule has 1 heterocycles. The van der Waals surface area contributed by atoms with E-state index in [4.69, 9.17) is 16.7 Å². The summed E-state index contributed by atoms with van der Waals surface area (Å²) in [6.07, 6.45) is 0. The maximum absolute atomic E-state index is 12.1. The maximum Gasteiger partial charge on any atom is 0.306 e. The smallest absolute Gasteiger partial charge is 0.306 e. The largest absolute Gasteiger partial charge is 0.507 e. The first-order valence-corrected chi connectivity index (χ1v) is 6.28. The molecule has 1 atom stereocenters. The van der Waals surface area contributed by atoms with Gasteiger partial charge in [0.15, 0.2) is 0 Å². The molecule has 0 radical (unpaired) electrons. The van der Waals surface area contributed by atoms with Crippen LogP contribution in [0.25, 0.3) is 0 Å². The lowest BCUT2D eigenvalue weighted by molar-refractivity contribution is -0.144. The molecule has 1 aliphatic rings. The number of carboxylic acids is 1. The van der Waals surface area contributed by atoms with Crippen LogP contribution < -0.4 is 0 Å². The summed E-state index contributed by atoms with van der Waals surface area (Å²) in [6, 6.07) is 4.28. The summed E-state index contributed by atoms with van der Waals surface area (Å²) in [4.78, 5) is 24.4. The first kappa shape index (κ1) is 13.7. The van der Waals surface area contributed by atoms with Gasteiger partial charge < -0.3 is 15.1 Å². The monoisotopic (exact) mass is 283 g/mol. The lowest BCUT2D eigenvalue weighted by Gasteiger charge is -2.41. The van der Waals surface area contributed by atoms with Crippen LogP contribution in [0.4, 0.5) is 0 Å². The third-order valence-corrected chi connectivity index (χ3v) is 3.72. The zero-order valence-electron chi connectivity index (χ0n) is 10.3. The van der Waals surface area contributed by atoms with E-state index in [0.717, 1.165) is 0 Å². The summed E-state index contributed by atoms with van der Waals surface area (Å²) < 4.78 is 0. The van der Waals surface area contributed by atoms with Crippen LogP contribution in [-0.2, 0) is 4.79 Å². The van der Waals surface area contributed by atoms with Crippen molar-refractivity contribution in [1.29, 1.82) is 0 Å². The van der Waals surface area contributed by atoms with Gasteiger partial charge in [-0.3, -0.25) is 9.59 Å². The molecule has 1 saturated heterocycles. The number of amides is 1. The molecule has 0 aromatic heterocycles. The Hall–Kier alpha value is -1.75. The Morgan fingerprint density at radius 3 is 2.63 bits per heavy atom. The molecule has 6 heteroatoms. The normalized spacial score (nSPS) is 16.8. The minimum atomic E-state index is -0.859. The van der Waals surface area contributed by atoms with E-state index in [1.807, 2.05) is 0 Å². The zero-order chi connectivity index (χ0) is 14.2. The fraction of sp³-hybridized carbons (Fsp3) is 0.385. The predicted molar refractivity (Wildman–Crippen MR) is 69.3 cm³/mol. The van der Waals surface area contributed by atoms with Crippen LogP contribution in [0.1, 0.15) is 17.3 Å². The lowest BCUT2D eigenvalue weighted by Crippen LogP contribution is -2.53. The van der Waals surface area contributed by atoms with E-state index in [1.54, 1.807) is 6.92 Å². The first-order valence-electron chi connectivity index (χ1n) is 5.90. The minimum absolute atomic E-state index is 0.0391. The number of nitrogens with zero attached hydrogens (tertiary/aromatic N) is 1. The standard InChI is InChI=1S/C13H14ClNO4/c1-7(13(18)19)8-5-15(6-8)12(17)10-4-9(14)2-3-11(10)16/h2-4,7-8,16H,5-6H2,1H3,(H,18,19). The van der Waals surface area contributed by atoms with E-state index < -0.39 is 11.9 Å². The number of halogens is 1. The number of phenols is 1. The molecule has 102 valence electrons. The molecule has 0 aliphatic carbocycles. The van der Waals surface area contributed by atoms with Gasteiger partial charge in [-0.2, -0.15) is 0 Å². The van der Waals surface area contributed by atoms with Crippen LogP contribution in [0.5, 0.6) is 5.75 Å². The van der Waals surface area contributed by atoms with Gasteiger partial charge in [-0.05, 0) is 18.2 Å². The number of phenolic OH excluding ortho intramolecular Hbond substituents is 1. The van der Waals surface area contributed by atoms with E-state index >= 15 is 0 Å². The molecule has 1 aromatic rings. The Kier molecular flexibility index (Phi) is 3.66. The zero-order valence-corrected chi connectivity index (χ0v) is 11.1. The molecular weight excluding hydrogens is 270 g/mol. The molecule has 2 N–H and O–H groups in total. The number of hydrogen-bond acceptors (Lipinski definition) is 3. The predicted octanol–water partition coefficient (Wildman–Crippen LogP) is 1.84. The molecule has 1 aromatic carbocycles. The highest BCUT2D eigenvalue weighted by atomic mass is 35.5. The Labute approximate surface area is 115 Å². The van der Waals surface area contributed by atoms with Crippen molar-refractivity contribution in [3.63, 3.8) is 0 Å². The van der Waals surface area contributed by atoms with Crippen LogP contribution in [0.3, 0.4) is 0 Å². The van der Waals surface area contributed by atoms with Gasteiger partial charge >= 0.3 is 5.97 Å². The number of hydrogen-bond donors (Lipinski definition) is 2. The topological polar surface area (TPSA) is 77.8 Å². The lowest BCUT2D eigenvalue weighted by atomic mass is 9.86. The summed E-state index contributed by atoms with van der Waals surface area (Å²) in [6.45, 7) is 2.40. The number of carbonyl (C=O) groups excluding carboxylic acids is 1. The van der Waals surface area contributed by atoms with Crippen molar-refractivity contribution in [2.75, 3.05) is 13.1 Å². The first-order chi connectivity index (χ1) is 8.90. The molecule has 1 amide bonds. The molecule has 2 rings (SSSR count). The van der Waals surface area contributed by atoms with Crippen molar-refractivity contribution in [2.24, 2.45) is 11.8 Å². The van der Waals surface area contributed by atoms with Gasteiger partial charge in [-0.1, -0.05) is 18.5 Å². The minimum Gasteiger partial charge on any atom is -0.507 e. The Morgan fingerprint density at radius 2 is 2.05 bits per heavy atom. The average molecular weight is 284 g/mol. The quantitative estimate of drug-likeness (QED) is 0.887. The summed E-state index contributed by atoms with van der Waals surface area (Å²) in [5.41, 5.74) is 0.147. The second-order valence-corrected chi connectivity index (χ2v) is 5.20. The summed E-state index contributed by atoms with van der Waals surface area (Å²) in [5, 5.41) is 18.9. The number of aromatic hydroxyl groups is 1. The fourth-order valence-corrected chi connectivity index (χ4v) is 2.22.